The number of aromatic amines is 3. The molecule has 120 heavy (non-hydrogen) atoms. The predicted molar refractivity (Wildman–Crippen MR) is 463 cm³/mol. The van der Waals surface area contributed by atoms with E-state index in [9.17, 15) is 18.8 Å². The lowest BCUT2D eigenvalue weighted by atomic mass is 9.91. The zero-order chi connectivity index (χ0) is 82.6. The fraction of sp³-hybridized carbons (Fsp3) is 0.309. The Kier molecular flexibility index (Phi) is 26.3. The number of hydrogen-bond donors (Lipinski definition) is 3. The van der Waals surface area contributed by atoms with Crippen LogP contribution in [0, 0.1) is 12.7 Å². The van der Waals surface area contributed by atoms with Gasteiger partial charge in [0.1, 0.15) is 47.5 Å². The largest absolute Gasteiger partial charge is 0.497 e. The van der Waals surface area contributed by atoms with Crippen LogP contribution in [-0.2, 0) is 35.3 Å². The van der Waals surface area contributed by atoms with Gasteiger partial charge < -0.3 is 62.6 Å². The molecule has 0 spiro atoms. The van der Waals surface area contributed by atoms with E-state index in [0.717, 1.165) is 186 Å². The monoisotopic (exact) mass is 1680 g/mol. The number of hydrogen-bond acceptors (Lipinski definition) is 15. The zero-order valence-electron chi connectivity index (χ0n) is 67.2. The summed E-state index contributed by atoms with van der Waals surface area (Å²) in [5, 5.41) is 9.43. The summed E-state index contributed by atoms with van der Waals surface area (Å²) in [5.74, 6) is 3.56. The summed E-state index contributed by atoms with van der Waals surface area (Å²) in [6, 6.07) is 59.0. The van der Waals surface area contributed by atoms with Crippen LogP contribution in [0.1, 0.15) is 114 Å². The number of carbonyl (C=O) groups is 3. The molecule has 4 aromatic heterocycles. The van der Waals surface area contributed by atoms with Gasteiger partial charge in [-0.15, -0.1) is 0 Å². The van der Waals surface area contributed by atoms with Crippen LogP contribution in [0.15, 0.2) is 207 Å². The average Bonchev–Trinajstić information content (AvgIpc) is 1.59. The zero-order valence-corrected chi connectivity index (χ0v) is 69.5. The second kappa shape index (κ2) is 38.3. The van der Waals surface area contributed by atoms with Gasteiger partial charge in [-0.05, 0) is 224 Å². The fourth-order valence-electron chi connectivity index (χ4n) is 16.7. The van der Waals surface area contributed by atoms with Crippen molar-refractivity contribution in [2.75, 3.05) is 119 Å². The lowest BCUT2D eigenvalue weighted by molar-refractivity contribution is 0.0357. The minimum absolute atomic E-state index is 0.0153. The number of carbonyl (C=O) groups excluding carboxylic acids is 3. The Morgan fingerprint density at radius 1 is 0.450 bits per heavy atom. The van der Waals surface area contributed by atoms with Gasteiger partial charge in [-0.3, -0.25) is 29.0 Å². The van der Waals surface area contributed by atoms with Gasteiger partial charge in [0.05, 0.1) is 72.6 Å². The molecule has 26 heteroatoms. The smallest absolute Gasteiger partial charge is 0.416 e. The fourth-order valence-corrected chi connectivity index (χ4v) is 17.2. The number of benzene rings is 9. The molecule has 9 aromatic carbocycles. The Morgan fingerprint density at radius 3 is 1.33 bits per heavy atom. The van der Waals surface area contributed by atoms with Crippen LogP contribution in [-0.4, -0.2) is 191 Å². The molecule has 0 radical (unpaired) electrons. The molecule has 2 saturated heterocycles. The number of aryl methyl sites for hydroxylation is 2. The van der Waals surface area contributed by atoms with Gasteiger partial charge >= 0.3 is 6.09 Å². The lowest BCUT2D eigenvalue weighted by Gasteiger charge is -2.36. The maximum atomic E-state index is 13.8. The minimum atomic E-state index is -0.432. The maximum absolute atomic E-state index is 13.8. The van der Waals surface area contributed by atoms with E-state index in [-0.39, 0.29) is 29.7 Å². The highest BCUT2D eigenvalue weighted by Gasteiger charge is 2.39. The number of H-pyrrole nitrogens is 3. The Morgan fingerprint density at radius 2 is 0.875 bits per heavy atom. The first-order valence-corrected chi connectivity index (χ1v) is 42.0. The van der Waals surface area contributed by atoms with Gasteiger partial charge in [0.25, 0.3) is 11.8 Å². The minimum Gasteiger partial charge on any atom is -0.497 e. The van der Waals surface area contributed by atoms with Crippen LogP contribution in [0.2, 0.25) is 15.1 Å². The lowest BCUT2D eigenvalue weighted by Crippen LogP contribution is -2.42. The van der Waals surface area contributed by atoms with Crippen LogP contribution >= 0.6 is 34.8 Å². The first-order chi connectivity index (χ1) is 58.7. The standard InChI is InChI=1S/C32H34ClN3O4.C31H31ClFN3O3.C31H30ClN5O4/c1-38-25-8-5-23(6-9-25)32(37)36-15-13-27-28-21-24(33)7-12-29(28)34-30(27)31(36)22-3-10-26(11-4-22)40-18-2-14-35-16-19-39-20-17-35;32-23-6-11-28-27(20-23)26-12-14-36(31(37)22-2-7-24(33)8-3-22)30(29(26)34-28)21-4-9-25(10-5-21)39-17-1-13-35-15-18-38-19-16-35;1-20-4-8-23(9-5-20)41-31(38)37-14-12-24-25-17-22(32)7-10-26(25)35-29(24)30(37)21-6-11-27(28(16-21)39-2)40-15-3-13-36-19-33-18-34-36/h3-12,21,31,34H,2,13-20H2,1H3;2-11,20,30,34H,1,12-19H2;4-11,16-19,30,35H,3,12-15H2,1-2H3. The van der Waals surface area contributed by atoms with Crippen molar-refractivity contribution in [1.82, 2.24) is 54.2 Å². The second-order valence-electron chi connectivity index (χ2n) is 30.4. The number of nitrogens with one attached hydrogen (secondary N) is 3. The van der Waals surface area contributed by atoms with E-state index >= 15 is 0 Å². The van der Waals surface area contributed by atoms with Gasteiger partial charge in [0.15, 0.2) is 11.5 Å². The molecular formula is C94H95Cl3FN11O11. The molecule has 22 nitrogen and oxygen atoms in total. The van der Waals surface area contributed by atoms with E-state index in [4.69, 9.17) is 72.7 Å². The van der Waals surface area contributed by atoms with Crippen molar-refractivity contribution >= 4 is 85.4 Å². The summed E-state index contributed by atoms with van der Waals surface area (Å²) < 4.78 is 61.2. The number of rotatable bonds is 23. The number of ether oxygens (including phenoxy) is 8. The van der Waals surface area contributed by atoms with Crippen LogP contribution in [0.25, 0.3) is 32.7 Å². The van der Waals surface area contributed by atoms with E-state index in [2.05, 4.69) is 47.0 Å². The molecule has 13 aromatic rings. The Bertz CT molecular complexity index is 5680. The second-order valence-corrected chi connectivity index (χ2v) is 31.7. The molecule has 5 aliphatic heterocycles. The van der Waals surface area contributed by atoms with E-state index in [1.165, 1.54) is 29.6 Å². The highest BCUT2D eigenvalue weighted by Crippen LogP contribution is 2.45. The number of aromatic nitrogens is 6. The van der Waals surface area contributed by atoms with E-state index < -0.39 is 12.1 Å². The molecule has 18 rings (SSSR count). The normalized spacial score (nSPS) is 16.6. The molecule has 0 saturated carbocycles. The number of halogens is 4. The summed E-state index contributed by atoms with van der Waals surface area (Å²) in [7, 11) is 3.24. The highest BCUT2D eigenvalue weighted by atomic mass is 35.5. The van der Waals surface area contributed by atoms with Crippen LogP contribution in [0.3, 0.4) is 0 Å². The Labute approximate surface area is 710 Å². The van der Waals surface area contributed by atoms with Gasteiger partial charge in [0, 0.05) is 148 Å². The molecule has 3 unspecified atom stereocenters. The van der Waals surface area contributed by atoms with Crippen molar-refractivity contribution in [3.8, 4) is 34.5 Å². The van der Waals surface area contributed by atoms with Crippen molar-refractivity contribution in [2.24, 2.45) is 0 Å². The topological polar surface area (TPSA) is 219 Å². The van der Waals surface area contributed by atoms with Gasteiger partial charge in [-0.25, -0.2) is 14.2 Å². The summed E-state index contributed by atoms with van der Waals surface area (Å²) in [6.07, 6.45) is 7.56. The molecule has 9 heterocycles. The molecule has 3 N–H and O–H groups in total. The van der Waals surface area contributed by atoms with Crippen molar-refractivity contribution in [3.05, 3.63) is 295 Å². The molecule has 0 aliphatic carbocycles. The summed E-state index contributed by atoms with van der Waals surface area (Å²) >= 11 is 19.0. The summed E-state index contributed by atoms with van der Waals surface area (Å²) in [5.41, 5.74) is 14.5. The number of nitrogens with zero attached hydrogens (tertiary/aromatic N) is 8. The quantitative estimate of drug-likeness (QED) is 0.0507. The summed E-state index contributed by atoms with van der Waals surface area (Å²) in [6.45, 7) is 15.3. The third-order valence-corrected chi connectivity index (χ3v) is 23.5. The van der Waals surface area contributed by atoms with E-state index in [1.807, 2.05) is 162 Å². The first kappa shape index (κ1) is 82.3. The third-order valence-electron chi connectivity index (χ3n) is 22.8. The van der Waals surface area contributed by atoms with Crippen LogP contribution < -0.4 is 28.4 Å². The van der Waals surface area contributed by atoms with Crippen molar-refractivity contribution in [3.63, 3.8) is 0 Å². The molecular weight excluding hydrogens is 1580 g/mol. The van der Waals surface area contributed by atoms with Gasteiger partial charge in [0.2, 0.25) is 0 Å². The predicted octanol–water partition coefficient (Wildman–Crippen LogP) is 17.9. The van der Waals surface area contributed by atoms with Crippen LogP contribution in [0.5, 0.6) is 34.5 Å². The number of fused-ring (bicyclic) bond motifs is 9. The van der Waals surface area contributed by atoms with Gasteiger partial charge in [-0.2, -0.15) is 5.10 Å². The van der Waals surface area contributed by atoms with E-state index in [0.29, 0.717) is 102 Å². The molecule has 3 atom stereocenters. The summed E-state index contributed by atoms with van der Waals surface area (Å²) in [4.78, 5) is 66.2. The first-order valence-electron chi connectivity index (χ1n) is 40.8. The number of amides is 3. The van der Waals surface area contributed by atoms with E-state index in [1.54, 1.807) is 54.4 Å². The van der Waals surface area contributed by atoms with Crippen molar-refractivity contribution < 1.29 is 56.7 Å². The SMILES string of the molecule is COc1cc(C2c3[nH]c4ccc(Cl)cc4c3CCN2C(=O)Oc2ccc(C)cc2)ccc1OCCCn1cncn1.COc1ccc(C(=O)N2CCc3c([nH]c4ccc(Cl)cc34)C2c2ccc(OCCCN3CCOCC3)cc2)cc1.O=C(c1ccc(F)cc1)N1CCc2c([nH]c3ccc(Cl)cc23)C1c1ccc(OCCCN2CCOCC2)cc1. The molecule has 2 fully saturated rings. The molecule has 5 aliphatic rings. The van der Waals surface area contributed by atoms with Crippen molar-refractivity contribution in [1.29, 1.82) is 0 Å². The van der Waals surface area contributed by atoms with Crippen molar-refractivity contribution in [2.45, 2.75) is 70.1 Å². The van der Waals surface area contributed by atoms with Crippen LogP contribution in [0.4, 0.5) is 9.18 Å². The molecule has 620 valence electrons. The molecule has 3 amide bonds. The maximum Gasteiger partial charge on any atom is 0.416 e. The number of methoxy groups -OCH3 is 2. The third kappa shape index (κ3) is 19.1. The highest BCUT2D eigenvalue weighted by molar-refractivity contribution is 6.32. The molecule has 0 bridgehead atoms. The average molecular weight is 1680 g/mol. The Balaban J connectivity index is 0.000000134. The number of morpholine rings is 2. The Hall–Kier alpha value is -11.4. The van der Waals surface area contributed by atoms with Gasteiger partial charge in [-0.1, -0.05) is 82.8 Å².